The molecule has 0 saturated carbocycles. The average molecular weight is 489 g/mol. The van der Waals surface area contributed by atoms with E-state index in [-0.39, 0.29) is 24.1 Å². The molecule has 1 atom stereocenters. The number of imide groups is 1. The number of piperidine rings is 1. The number of rotatable bonds is 15. The van der Waals surface area contributed by atoms with Gasteiger partial charge in [0.15, 0.2) is 0 Å². The predicted molar refractivity (Wildman–Crippen MR) is 130 cm³/mol. The lowest BCUT2D eigenvalue weighted by Crippen LogP contribution is -2.52. The minimum Gasteiger partial charge on any atom is -0.385 e. The largest absolute Gasteiger partial charge is 0.385 e. The van der Waals surface area contributed by atoms with Gasteiger partial charge in [-0.15, -0.1) is 0 Å². The Labute approximate surface area is 206 Å². The van der Waals surface area contributed by atoms with Crippen molar-refractivity contribution in [3.8, 4) is 0 Å². The molecule has 10 heteroatoms. The molecule has 1 aromatic rings. The summed E-state index contributed by atoms with van der Waals surface area (Å²) in [5, 5.41) is 8.54. The zero-order chi connectivity index (χ0) is 25.0. The Bertz CT molecular complexity index is 906. The van der Waals surface area contributed by atoms with Crippen molar-refractivity contribution in [3.63, 3.8) is 0 Å². The molecular weight excluding hydrogens is 452 g/mol. The van der Waals surface area contributed by atoms with Crippen LogP contribution in [0.25, 0.3) is 0 Å². The van der Waals surface area contributed by atoms with E-state index < -0.39 is 11.9 Å². The zero-order valence-corrected chi connectivity index (χ0v) is 20.4. The maximum absolute atomic E-state index is 12.9. The van der Waals surface area contributed by atoms with E-state index in [0.717, 1.165) is 37.1 Å². The van der Waals surface area contributed by atoms with Crippen molar-refractivity contribution < 1.29 is 28.7 Å². The summed E-state index contributed by atoms with van der Waals surface area (Å²) >= 11 is 0. The summed E-state index contributed by atoms with van der Waals surface area (Å²) in [6, 6.07) is 4.87. The van der Waals surface area contributed by atoms with Crippen LogP contribution in [0.15, 0.2) is 18.2 Å². The summed E-state index contributed by atoms with van der Waals surface area (Å²) < 4.78 is 10.7. The third kappa shape index (κ3) is 7.76. The number of unbranched alkanes of at least 4 members (excludes halogenated alkanes) is 1. The Morgan fingerprint density at radius 3 is 2.66 bits per heavy atom. The number of amides is 4. The number of hydrogen-bond acceptors (Lipinski definition) is 7. The van der Waals surface area contributed by atoms with Crippen molar-refractivity contribution in [1.29, 1.82) is 0 Å². The Morgan fingerprint density at radius 1 is 1.09 bits per heavy atom. The van der Waals surface area contributed by atoms with Gasteiger partial charge in [0, 0.05) is 55.9 Å². The normalized spacial score (nSPS) is 17.3. The molecule has 0 spiro atoms. The number of nitrogens with zero attached hydrogens (tertiary/aromatic N) is 1. The van der Waals surface area contributed by atoms with E-state index in [1.807, 2.05) is 12.1 Å². The van der Waals surface area contributed by atoms with Crippen LogP contribution in [0.3, 0.4) is 0 Å². The molecule has 0 bridgehead atoms. The van der Waals surface area contributed by atoms with Crippen LogP contribution < -0.4 is 16.0 Å². The predicted octanol–water partition coefficient (Wildman–Crippen LogP) is 1.59. The number of benzene rings is 1. The maximum Gasteiger partial charge on any atom is 0.255 e. The molecule has 1 fully saturated rings. The summed E-state index contributed by atoms with van der Waals surface area (Å²) in [7, 11) is 0. The van der Waals surface area contributed by atoms with Crippen LogP contribution in [-0.2, 0) is 30.4 Å². The molecule has 0 aliphatic carbocycles. The van der Waals surface area contributed by atoms with Crippen LogP contribution in [0.1, 0.15) is 61.4 Å². The van der Waals surface area contributed by atoms with Crippen LogP contribution in [0.2, 0.25) is 0 Å². The molecule has 1 aromatic carbocycles. The fourth-order valence-electron chi connectivity index (χ4n) is 4.20. The van der Waals surface area contributed by atoms with Gasteiger partial charge in [0.05, 0.1) is 19.8 Å². The van der Waals surface area contributed by atoms with Gasteiger partial charge in [-0.05, 0) is 37.8 Å². The number of fused-ring (bicyclic) bond motifs is 1. The second-order valence-electron chi connectivity index (χ2n) is 8.69. The molecule has 2 heterocycles. The molecule has 0 aromatic heterocycles. The van der Waals surface area contributed by atoms with Crippen molar-refractivity contribution in [2.75, 3.05) is 44.8 Å². The molecule has 10 nitrogen and oxygen atoms in total. The highest BCUT2D eigenvalue weighted by Gasteiger charge is 2.39. The second-order valence-corrected chi connectivity index (χ2v) is 8.69. The van der Waals surface area contributed by atoms with E-state index in [2.05, 4.69) is 22.9 Å². The van der Waals surface area contributed by atoms with Crippen LogP contribution in [0.5, 0.6) is 0 Å². The zero-order valence-electron chi connectivity index (χ0n) is 20.4. The third-order valence-electron chi connectivity index (χ3n) is 6.02. The van der Waals surface area contributed by atoms with E-state index in [4.69, 9.17) is 9.47 Å². The van der Waals surface area contributed by atoms with Crippen molar-refractivity contribution in [2.24, 2.45) is 0 Å². The highest BCUT2D eigenvalue weighted by Crippen LogP contribution is 2.32. The van der Waals surface area contributed by atoms with Crippen LogP contribution in [-0.4, -0.2) is 74.1 Å². The molecule has 1 saturated heterocycles. The maximum atomic E-state index is 12.9. The molecular formula is C25H36N4O6. The van der Waals surface area contributed by atoms with E-state index >= 15 is 0 Å². The highest BCUT2D eigenvalue weighted by molar-refractivity contribution is 6.06. The van der Waals surface area contributed by atoms with E-state index in [1.54, 1.807) is 11.0 Å². The summed E-state index contributed by atoms with van der Waals surface area (Å²) in [6.07, 6.45) is 3.54. The van der Waals surface area contributed by atoms with Gasteiger partial charge in [0.2, 0.25) is 17.7 Å². The number of carbonyl (C=O) groups excluding carboxylic acids is 4. The minimum atomic E-state index is -0.626. The molecule has 4 amide bonds. The van der Waals surface area contributed by atoms with Gasteiger partial charge in [-0.3, -0.25) is 24.5 Å². The second kappa shape index (κ2) is 13.8. The van der Waals surface area contributed by atoms with Gasteiger partial charge in [-0.1, -0.05) is 13.0 Å². The van der Waals surface area contributed by atoms with Gasteiger partial charge in [0.1, 0.15) is 6.04 Å². The molecule has 1 unspecified atom stereocenters. The van der Waals surface area contributed by atoms with Crippen molar-refractivity contribution in [1.82, 2.24) is 15.5 Å². The average Bonchev–Trinajstić information content (AvgIpc) is 3.17. The topological polar surface area (TPSA) is 126 Å². The van der Waals surface area contributed by atoms with Crippen molar-refractivity contribution >= 4 is 29.3 Å². The van der Waals surface area contributed by atoms with E-state index in [1.165, 1.54) is 0 Å². The number of carbonyl (C=O) groups is 4. The minimum absolute atomic E-state index is 0.00177. The summed E-state index contributed by atoms with van der Waals surface area (Å²) in [6.45, 7) is 5.84. The number of anilines is 1. The first-order valence-corrected chi connectivity index (χ1v) is 12.4. The van der Waals surface area contributed by atoms with Gasteiger partial charge >= 0.3 is 0 Å². The fraction of sp³-hybridized carbons (Fsp3) is 0.600. The summed E-state index contributed by atoms with van der Waals surface area (Å²) in [5.41, 5.74) is 2.30. The summed E-state index contributed by atoms with van der Waals surface area (Å²) in [4.78, 5) is 50.1. The quantitative estimate of drug-likeness (QED) is 0.253. The molecule has 3 N–H and O–H groups in total. The smallest absolute Gasteiger partial charge is 0.255 e. The summed E-state index contributed by atoms with van der Waals surface area (Å²) in [5.74, 6) is -0.898. The first-order chi connectivity index (χ1) is 17.0. The lowest BCUT2D eigenvalue weighted by Gasteiger charge is -2.29. The fourth-order valence-corrected chi connectivity index (χ4v) is 4.20. The van der Waals surface area contributed by atoms with Crippen molar-refractivity contribution in [3.05, 3.63) is 29.3 Å². The first-order valence-electron chi connectivity index (χ1n) is 12.4. The lowest BCUT2D eigenvalue weighted by molar-refractivity contribution is -0.137. The third-order valence-corrected chi connectivity index (χ3v) is 6.02. The van der Waals surface area contributed by atoms with Gasteiger partial charge < -0.3 is 25.0 Å². The standard InChI is InChI=1S/C25H36N4O6/c1-2-13-34-15-16-35-14-12-27-22(30)8-3-4-11-26-20-7-5-6-18-19(20)17-29(25(18)33)21-9-10-23(31)28-24(21)32/h5-7,21,26H,2-4,8-17H2,1H3,(H,27,30)(H,28,31,32). The van der Waals surface area contributed by atoms with Crippen LogP contribution >= 0.6 is 0 Å². The molecule has 192 valence electrons. The Morgan fingerprint density at radius 2 is 1.89 bits per heavy atom. The molecule has 35 heavy (non-hydrogen) atoms. The number of nitrogens with one attached hydrogen (secondary N) is 3. The van der Waals surface area contributed by atoms with Gasteiger partial charge in [-0.25, -0.2) is 0 Å². The molecule has 0 radical (unpaired) electrons. The van der Waals surface area contributed by atoms with E-state index in [0.29, 0.717) is 57.9 Å². The van der Waals surface area contributed by atoms with Crippen LogP contribution in [0, 0.1) is 0 Å². The Hall–Kier alpha value is -2.98. The molecule has 3 rings (SSSR count). The van der Waals surface area contributed by atoms with Gasteiger partial charge in [0.25, 0.3) is 5.91 Å². The Balaban J connectivity index is 1.34. The molecule has 2 aliphatic rings. The first kappa shape index (κ1) is 26.6. The highest BCUT2D eigenvalue weighted by atomic mass is 16.5. The monoisotopic (exact) mass is 488 g/mol. The molecule has 2 aliphatic heterocycles. The van der Waals surface area contributed by atoms with E-state index in [9.17, 15) is 19.2 Å². The van der Waals surface area contributed by atoms with Crippen molar-refractivity contribution in [2.45, 2.75) is 58.0 Å². The lowest BCUT2D eigenvalue weighted by atomic mass is 10.0. The SMILES string of the molecule is CCCOCCOCCNC(=O)CCCCNc1cccc2c1CN(C1CCC(=O)NC1=O)C2=O. The Kier molecular flexibility index (Phi) is 10.5. The number of hydrogen-bond donors (Lipinski definition) is 3. The number of ether oxygens (including phenoxy) is 2. The van der Waals surface area contributed by atoms with Gasteiger partial charge in [-0.2, -0.15) is 0 Å². The van der Waals surface area contributed by atoms with Crippen LogP contribution in [0.4, 0.5) is 5.69 Å².